The van der Waals surface area contributed by atoms with Gasteiger partial charge < -0.3 is 19.6 Å². The summed E-state index contributed by atoms with van der Waals surface area (Å²) in [5, 5.41) is 20.8. The van der Waals surface area contributed by atoms with E-state index >= 15 is 0 Å². The van der Waals surface area contributed by atoms with Crippen LogP contribution in [0.5, 0.6) is 0 Å². The summed E-state index contributed by atoms with van der Waals surface area (Å²) in [6, 6.07) is 10.7. The van der Waals surface area contributed by atoms with Gasteiger partial charge in [0.1, 0.15) is 11.5 Å². The number of furan rings is 1. The second-order valence-electron chi connectivity index (χ2n) is 5.03. The number of nitrogens with one attached hydrogen (secondary N) is 1. The highest BCUT2D eigenvalue weighted by Crippen LogP contribution is 2.24. The molecule has 1 amide bonds. The lowest BCUT2D eigenvalue weighted by molar-refractivity contribution is -0.305. The Balaban J connectivity index is 1.65. The number of nitrogens with zero attached hydrogens (tertiary/aromatic N) is 2. The van der Waals surface area contributed by atoms with Gasteiger partial charge in [0.15, 0.2) is 5.17 Å². The molecule has 7 nitrogen and oxygen atoms in total. The van der Waals surface area contributed by atoms with Gasteiger partial charge in [-0.25, -0.2) is 0 Å². The van der Waals surface area contributed by atoms with Crippen LogP contribution in [0, 0.1) is 0 Å². The van der Waals surface area contributed by atoms with Crippen molar-refractivity contribution < 1.29 is 19.1 Å². The number of benzene rings is 1. The third kappa shape index (κ3) is 4.49. The number of carbonyl (C=O) groups excluding carboxylic acids is 2. The van der Waals surface area contributed by atoms with Crippen molar-refractivity contribution in [1.82, 2.24) is 5.32 Å². The molecule has 1 aromatic heterocycles. The zero-order chi connectivity index (χ0) is 17.8. The van der Waals surface area contributed by atoms with E-state index in [0.29, 0.717) is 16.5 Å². The molecule has 2 aromatic rings. The maximum atomic E-state index is 11.6. The minimum atomic E-state index is -1.29. The number of carboxylic acid groups (broad SMARTS) is 1. The van der Waals surface area contributed by atoms with Gasteiger partial charge in [-0.3, -0.25) is 4.79 Å². The van der Waals surface area contributed by atoms with E-state index in [4.69, 9.17) is 16.0 Å². The smallest absolute Gasteiger partial charge is 0.239 e. The van der Waals surface area contributed by atoms with Gasteiger partial charge >= 0.3 is 0 Å². The molecule has 128 valence electrons. The molecule has 1 aromatic carbocycles. The summed E-state index contributed by atoms with van der Waals surface area (Å²) in [7, 11) is 0. The summed E-state index contributed by atoms with van der Waals surface area (Å²) >= 11 is 6.95. The lowest BCUT2D eigenvalue weighted by Crippen LogP contribution is -2.31. The van der Waals surface area contributed by atoms with Crippen LogP contribution in [0.25, 0.3) is 11.3 Å². The van der Waals surface area contributed by atoms with Gasteiger partial charge in [-0.1, -0.05) is 35.5 Å². The van der Waals surface area contributed by atoms with Crippen LogP contribution in [-0.2, 0) is 9.59 Å². The number of halogens is 1. The van der Waals surface area contributed by atoms with Crippen molar-refractivity contribution >= 4 is 46.6 Å². The van der Waals surface area contributed by atoms with E-state index in [2.05, 4.69) is 15.5 Å². The average Bonchev–Trinajstić information content (AvgIpc) is 3.15. The number of hydrogen-bond acceptors (Lipinski definition) is 7. The molecule has 25 heavy (non-hydrogen) atoms. The normalized spacial score (nSPS) is 18.8. The first kappa shape index (κ1) is 17.2. The average molecular weight is 377 g/mol. The fourth-order valence-electron chi connectivity index (χ4n) is 2.10. The van der Waals surface area contributed by atoms with E-state index in [1.165, 1.54) is 6.21 Å². The third-order valence-electron chi connectivity index (χ3n) is 3.20. The lowest BCUT2D eigenvalue weighted by atomic mass is 10.2. The van der Waals surface area contributed by atoms with Gasteiger partial charge in [0.2, 0.25) is 5.91 Å². The standard InChI is InChI=1S/C16H12ClN3O4S/c17-10-3-1-2-9(6-10)12-5-4-11(24-12)8-18-20-16-19-15(23)13(25-16)7-14(21)22/h1-6,8,13H,7H2,(H,21,22)(H,19,20,23)/p-1/b18-8-/t13-/m1/s1. The van der Waals surface area contributed by atoms with Crippen LogP contribution in [0.4, 0.5) is 0 Å². The predicted molar refractivity (Wildman–Crippen MR) is 93.3 cm³/mol. The molecule has 1 fully saturated rings. The second-order valence-corrected chi connectivity index (χ2v) is 6.66. The van der Waals surface area contributed by atoms with Crippen LogP contribution in [-0.4, -0.2) is 28.5 Å². The lowest BCUT2D eigenvalue weighted by Gasteiger charge is -2.04. The highest BCUT2D eigenvalue weighted by atomic mass is 35.5. The van der Waals surface area contributed by atoms with E-state index < -0.39 is 17.1 Å². The van der Waals surface area contributed by atoms with Gasteiger partial charge in [0.25, 0.3) is 0 Å². The first-order chi connectivity index (χ1) is 12.0. The van der Waals surface area contributed by atoms with E-state index in [-0.39, 0.29) is 11.6 Å². The quantitative estimate of drug-likeness (QED) is 0.630. The number of amides is 1. The van der Waals surface area contributed by atoms with Gasteiger partial charge in [-0.15, -0.1) is 5.10 Å². The summed E-state index contributed by atoms with van der Waals surface area (Å²) in [4.78, 5) is 22.1. The van der Waals surface area contributed by atoms with Gasteiger partial charge in [0, 0.05) is 23.0 Å². The van der Waals surface area contributed by atoms with Crippen LogP contribution < -0.4 is 10.4 Å². The molecule has 1 atom stereocenters. The van der Waals surface area contributed by atoms with Crippen molar-refractivity contribution in [2.24, 2.45) is 10.2 Å². The summed E-state index contributed by atoms with van der Waals surface area (Å²) < 4.78 is 5.63. The zero-order valence-electron chi connectivity index (χ0n) is 12.6. The van der Waals surface area contributed by atoms with Crippen LogP contribution in [0.3, 0.4) is 0 Å². The first-order valence-electron chi connectivity index (χ1n) is 7.15. The van der Waals surface area contributed by atoms with E-state index in [1.54, 1.807) is 24.3 Å². The Morgan fingerprint density at radius 2 is 2.24 bits per heavy atom. The zero-order valence-corrected chi connectivity index (χ0v) is 14.2. The SMILES string of the molecule is O=C([O-])C[C@H]1S/C(=N/N=C\c2ccc(-c3cccc(Cl)c3)o2)NC1=O. The Hall–Kier alpha value is -2.58. The molecule has 1 N–H and O–H groups in total. The number of amidine groups is 1. The number of aliphatic carboxylic acids is 1. The molecule has 0 saturated carbocycles. The molecular formula is C16H11ClN3O4S-. The number of carbonyl (C=O) groups is 2. The van der Waals surface area contributed by atoms with Crippen LogP contribution in [0.2, 0.25) is 5.02 Å². The molecule has 0 unspecified atom stereocenters. The van der Waals surface area contributed by atoms with E-state index in [1.807, 2.05) is 12.1 Å². The molecule has 0 bridgehead atoms. The van der Waals surface area contributed by atoms with Crippen molar-refractivity contribution in [3.05, 3.63) is 47.2 Å². The number of hydrogen-bond donors (Lipinski definition) is 1. The van der Waals surface area contributed by atoms with Crippen molar-refractivity contribution in [1.29, 1.82) is 0 Å². The molecule has 9 heteroatoms. The Labute approximate surface area is 151 Å². The van der Waals surface area contributed by atoms with E-state index in [0.717, 1.165) is 17.3 Å². The summed E-state index contributed by atoms with van der Waals surface area (Å²) in [6.45, 7) is 0. The number of rotatable bonds is 5. The Kier molecular flexibility index (Phi) is 5.20. The molecule has 2 heterocycles. The molecule has 0 aliphatic carbocycles. The molecule has 0 spiro atoms. The minimum absolute atomic E-state index is 0.231. The Morgan fingerprint density at radius 3 is 3.00 bits per heavy atom. The summed E-state index contributed by atoms with van der Waals surface area (Å²) in [6.07, 6.45) is 1.01. The molecule has 1 aliphatic heterocycles. The first-order valence-corrected chi connectivity index (χ1v) is 8.41. The second kappa shape index (κ2) is 7.54. The topological polar surface area (TPSA) is 107 Å². The van der Waals surface area contributed by atoms with Crippen molar-refractivity contribution in [3.8, 4) is 11.3 Å². The van der Waals surface area contributed by atoms with Crippen LogP contribution in [0.1, 0.15) is 12.2 Å². The largest absolute Gasteiger partial charge is 0.550 e. The van der Waals surface area contributed by atoms with Gasteiger partial charge in [0.05, 0.1) is 11.5 Å². The molecule has 1 saturated heterocycles. The van der Waals surface area contributed by atoms with Crippen LogP contribution in [0.15, 0.2) is 51.0 Å². The van der Waals surface area contributed by atoms with E-state index in [9.17, 15) is 14.7 Å². The van der Waals surface area contributed by atoms with Crippen molar-refractivity contribution in [2.45, 2.75) is 11.7 Å². The fourth-order valence-corrected chi connectivity index (χ4v) is 3.19. The molecule has 3 rings (SSSR count). The highest BCUT2D eigenvalue weighted by molar-refractivity contribution is 8.15. The highest BCUT2D eigenvalue weighted by Gasteiger charge is 2.30. The summed E-state index contributed by atoms with van der Waals surface area (Å²) in [5.74, 6) is -0.611. The Bertz CT molecular complexity index is 878. The maximum absolute atomic E-state index is 11.6. The maximum Gasteiger partial charge on any atom is 0.239 e. The molecular weight excluding hydrogens is 366 g/mol. The molecule has 0 radical (unpaired) electrons. The van der Waals surface area contributed by atoms with Crippen molar-refractivity contribution in [2.75, 3.05) is 0 Å². The van der Waals surface area contributed by atoms with Gasteiger partial charge in [-0.05, 0) is 24.3 Å². The summed E-state index contributed by atoms with van der Waals surface area (Å²) in [5.41, 5.74) is 0.835. The number of carboxylic acids is 1. The predicted octanol–water partition coefficient (Wildman–Crippen LogP) is 1.66. The van der Waals surface area contributed by atoms with Gasteiger partial charge in [-0.2, -0.15) is 5.10 Å². The monoisotopic (exact) mass is 376 g/mol. The molecule has 1 aliphatic rings. The third-order valence-corrected chi connectivity index (χ3v) is 4.51. The van der Waals surface area contributed by atoms with Crippen LogP contribution >= 0.6 is 23.4 Å². The number of thioether (sulfide) groups is 1. The minimum Gasteiger partial charge on any atom is -0.550 e. The fraction of sp³-hybridized carbons (Fsp3) is 0.125. The van der Waals surface area contributed by atoms with Crippen molar-refractivity contribution in [3.63, 3.8) is 0 Å². The Morgan fingerprint density at radius 1 is 1.40 bits per heavy atom.